The fraction of sp³-hybridized carbons (Fsp3) is 0.444. The van der Waals surface area contributed by atoms with Gasteiger partial charge in [-0.15, -0.1) is 0 Å². The first kappa shape index (κ1) is 21.1. The van der Waals surface area contributed by atoms with E-state index in [2.05, 4.69) is 58.3 Å². The largest absolute Gasteiger partial charge is 0.468 e. The maximum absolute atomic E-state index is 10.5. The van der Waals surface area contributed by atoms with Gasteiger partial charge in [0.1, 0.15) is 0 Å². The van der Waals surface area contributed by atoms with Crippen molar-refractivity contribution in [1.29, 1.82) is 0 Å². The van der Waals surface area contributed by atoms with Crippen LogP contribution in [0.3, 0.4) is 0 Å². The molecule has 2 aliphatic rings. The summed E-state index contributed by atoms with van der Waals surface area (Å²) in [5, 5.41) is 14.7. The summed E-state index contributed by atoms with van der Waals surface area (Å²) in [5.74, 6) is 0.887. The van der Waals surface area contributed by atoms with Gasteiger partial charge in [0, 0.05) is 54.9 Å². The zero-order chi connectivity index (χ0) is 21.9. The van der Waals surface area contributed by atoms with Crippen molar-refractivity contribution < 1.29 is 14.6 Å². The molecule has 0 atom stereocenters. The third-order valence-corrected chi connectivity index (χ3v) is 7.41. The van der Waals surface area contributed by atoms with Gasteiger partial charge < -0.3 is 19.6 Å². The monoisotopic (exact) mass is 432 g/mol. The quantitative estimate of drug-likeness (QED) is 0.456. The number of carbonyl (C=O) groups excluding carboxylic acids is 1. The molecule has 2 fully saturated rings. The van der Waals surface area contributed by atoms with Gasteiger partial charge in [-0.3, -0.25) is 4.79 Å². The van der Waals surface area contributed by atoms with E-state index in [9.17, 15) is 9.90 Å². The summed E-state index contributed by atoms with van der Waals surface area (Å²) in [6, 6.07) is 17.9. The van der Waals surface area contributed by atoms with E-state index in [1.54, 1.807) is 0 Å². The van der Waals surface area contributed by atoms with E-state index in [4.69, 9.17) is 4.74 Å². The summed E-state index contributed by atoms with van der Waals surface area (Å²) in [5.41, 5.74) is 2.61. The van der Waals surface area contributed by atoms with Gasteiger partial charge in [0.25, 0.3) is 6.47 Å². The van der Waals surface area contributed by atoms with Crippen LogP contribution in [0.5, 0.6) is 0 Å². The van der Waals surface area contributed by atoms with Crippen LogP contribution in [0.1, 0.15) is 25.7 Å². The molecule has 0 saturated carbocycles. The van der Waals surface area contributed by atoms with Gasteiger partial charge in [-0.25, -0.2) is 0 Å². The van der Waals surface area contributed by atoms with E-state index in [1.165, 1.54) is 32.9 Å². The number of nitrogens with zero attached hydrogens (tertiary/aromatic N) is 2. The number of hydrogen-bond acceptors (Lipinski definition) is 5. The zero-order valence-electron chi connectivity index (χ0n) is 18.6. The standard InChI is InChI=1S/C27H32N2O3/c30-17-20-7-11-28(12-8-20)26-5-6-27(29-13-9-21(10-14-29)18-32-19-31)25-16-23-4-2-1-3-22(23)15-24(25)26/h1-6,15-16,19-21,30H,7-14,17-18H2. The fourth-order valence-electron chi connectivity index (χ4n) is 5.43. The van der Waals surface area contributed by atoms with Crippen LogP contribution in [0.2, 0.25) is 0 Å². The van der Waals surface area contributed by atoms with Crippen LogP contribution >= 0.6 is 0 Å². The van der Waals surface area contributed by atoms with Crippen LogP contribution in [0.4, 0.5) is 11.4 Å². The summed E-state index contributed by atoms with van der Waals surface area (Å²) in [7, 11) is 0. The molecule has 2 aliphatic heterocycles. The zero-order valence-corrected chi connectivity index (χ0v) is 18.6. The molecular weight excluding hydrogens is 400 g/mol. The van der Waals surface area contributed by atoms with Crippen molar-refractivity contribution in [3.8, 4) is 0 Å². The topological polar surface area (TPSA) is 53.0 Å². The predicted octanol–water partition coefficient (Wildman–Crippen LogP) is 4.59. The average Bonchev–Trinajstić information content (AvgIpc) is 2.86. The van der Waals surface area contributed by atoms with Crippen LogP contribution < -0.4 is 9.80 Å². The molecule has 5 rings (SSSR count). The smallest absolute Gasteiger partial charge is 0.293 e. The first-order chi connectivity index (χ1) is 15.8. The Labute approximate surface area is 189 Å². The van der Waals surface area contributed by atoms with E-state index in [-0.39, 0.29) is 0 Å². The number of benzene rings is 3. The molecule has 0 bridgehead atoms. The predicted molar refractivity (Wildman–Crippen MR) is 130 cm³/mol. The molecule has 32 heavy (non-hydrogen) atoms. The number of rotatable bonds is 6. The van der Waals surface area contributed by atoms with Crippen LogP contribution in [-0.4, -0.2) is 51.0 Å². The van der Waals surface area contributed by atoms with E-state index in [0.717, 1.165) is 51.9 Å². The Kier molecular flexibility index (Phi) is 6.17. The van der Waals surface area contributed by atoms with Gasteiger partial charge >= 0.3 is 0 Å². The highest BCUT2D eigenvalue weighted by Gasteiger charge is 2.24. The molecule has 2 saturated heterocycles. The van der Waals surface area contributed by atoms with Crippen molar-refractivity contribution in [2.24, 2.45) is 11.8 Å². The van der Waals surface area contributed by atoms with Gasteiger partial charge in [0.05, 0.1) is 6.61 Å². The summed E-state index contributed by atoms with van der Waals surface area (Å²) in [4.78, 5) is 15.5. The van der Waals surface area contributed by atoms with Crippen molar-refractivity contribution >= 4 is 39.4 Å². The van der Waals surface area contributed by atoms with E-state index in [1.807, 2.05) is 0 Å². The summed E-state index contributed by atoms with van der Waals surface area (Å²) < 4.78 is 5.01. The van der Waals surface area contributed by atoms with Crippen molar-refractivity contribution in [2.45, 2.75) is 25.7 Å². The second-order valence-electron chi connectivity index (χ2n) is 9.32. The Bertz CT molecular complexity index is 1080. The minimum atomic E-state index is 0.298. The second-order valence-corrected chi connectivity index (χ2v) is 9.32. The first-order valence-electron chi connectivity index (χ1n) is 11.9. The summed E-state index contributed by atoms with van der Waals surface area (Å²) >= 11 is 0. The summed E-state index contributed by atoms with van der Waals surface area (Å²) in [6.45, 7) is 5.35. The van der Waals surface area contributed by atoms with Crippen LogP contribution in [0.15, 0.2) is 48.5 Å². The van der Waals surface area contributed by atoms with Crippen LogP contribution in [0, 0.1) is 11.8 Å². The minimum Gasteiger partial charge on any atom is -0.468 e. The maximum Gasteiger partial charge on any atom is 0.293 e. The summed E-state index contributed by atoms with van der Waals surface area (Å²) in [6.07, 6.45) is 4.17. The molecule has 1 N–H and O–H groups in total. The van der Waals surface area contributed by atoms with Crippen molar-refractivity contribution in [3.05, 3.63) is 48.5 Å². The normalized spacial score (nSPS) is 18.4. The van der Waals surface area contributed by atoms with Crippen molar-refractivity contribution in [1.82, 2.24) is 0 Å². The lowest BCUT2D eigenvalue weighted by atomic mass is 9.94. The van der Waals surface area contributed by atoms with Gasteiger partial charge in [-0.05, 0) is 72.6 Å². The van der Waals surface area contributed by atoms with Crippen molar-refractivity contribution in [3.63, 3.8) is 0 Å². The molecule has 5 heteroatoms. The number of fused-ring (bicyclic) bond motifs is 2. The molecule has 0 aliphatic carbocycles. The number of aliphatic hydroxyl groups is 1. The van der Waals surface area contributed by atoms with E-state index < -0.39 is 0 Å². The molecule has 0 spiro atoms. The molecule has 5 nitrogen and oxygen atoms in total. The van der Waals surface area contributed by atoms with E-state index >= 15 is 0 Å². The third kappa shape index (κ3) is 4.14. The molecule has 0 amide bonds. The maximum atomic E-state index is 10.5. The number of carbonyl (C=O) groups is 1. The number of hydrogen-bond donors (Lipinski definition) is 1. The molecular formula is C27H32N2O3. The number of anilines is 2. The molecule has 2 heterocycles. The highest BCUT2D eigenvalue weighted by Crippen LogP contribution is 2.39. The third-order valence-electron chi connectivity index (χ3n) is 7.41. The number of aliphatic hydroxyl groups excluding tert-OH is 1. The lowest BCUT2D eigenvalue weighted by Crippen LogP contribution is -2.36. The number of ether oxygens (including phenoxy) is 1. The SMILES string of the molecule is O=COCC1CCN(c2ccc(N3CCC(CO)CC3)c3cc4ccccc4cc23)CC1. The Morgan fingerprint density at radius 1 is 0.812 bits per heavy atom. The fourth-order valence-corrected chi connectivity index (χ4v) is 5.43. The number of piperidine rings is 2. The van der Waals surface area contributed by atoms with Gasteiger partial charge in [-0.2, -0.15) is 0 Å². The molecule has 168 valence electrons. The molecule has 0 unspecified atom stereocenters. The van der Waals surface area contributed by atoms with Gasteiger partial charge in [0.2, 0.25) is 0 Å². The highest BCUT2D eigenvalue weighted by molar-refractivity contribution is 6.09. The molecule has 0 aromatic heterocycles. The second kappa shape index (κ2) is 9.37. The van der Waals surface area contributed by atoms with Gasteiger partial charge in [0.15, 0.2) is 0 Å². The Balaban J connectivity index is 1.50. The van der Waals surface area contributed by atoms with Crippen LogP contribution in [0.25, 0.3) is 21.5 Å². The minimum absolute atomic E-state index is 0.298. The van der Waals surface area contributed by atoms with Gasteiger partial charge in [-0.1, -0.05) is 24.3 Å². The molecule has 3 aromatic rings. The Hall–Kier alpha value is -2.79. The average molecular weight is 433 g/mol. The lowest BCUT2D eigenvalue weighted by Gasteiger charge is -2.36. The van der Waals surface area contributed by atoms with Crippen LogP contribution in [-0.2, 0) is 9.53 Å². The molecule has 0 radical (unpaired) electrons. The first-order valence-corrected chi connectivity index (χ1v) is 11.9. The Morgan fingerprint density at radius 2 is 1.31 bits per heavy atom. The van der Waals surface area contributed by atoms with E-state index in [0.29, 0.717) is 31.5 Å². The molecule has 3 aromatic carbocycles. The highest BCUT2D eigenvalue weighted by atomic mass is 16.5. The Morgan fingerprint density at radius 3 is 1.78 bits per heavy atom. The lowest BCUT2D eigenvalue weighted by molar-refractivity contribution is -0.130. The van der Waals surface area contributed by atoms with Crippen molar-refractivity contribution in [2.75, 3.05) is 49.2 Å².